The quantitative estimate of drug-likeness (QED) is 0.301. The van der Waals surface area contributed by atoms with Gasteiger partial charge in [0.05, 0.1) is 21.1 Å². The largest absolute Gasteiger partial charge is 0.469 e. The average molecular weight is 310 g/mol. The van der Waals surface area contributed by atoms with Crippen molar-refractivity contribution in [2.24, 2.45) is 0 Å². The molecule has 0 saturated carbocycles. The summed E-state index contributed by atoms with van der Waals surface area (Å²) in [5.74, 6) is -0.434. The first kappa shape index (κ1) is 19.3. The molecule has 2 atom stereocenters. The highest BCUT2D eigenvalue weighted by Gasteiger charge is 2.30. The first-order valence-electron chi connectivity index (χ1n) is 6.30. The lowest BCUT2D eigenvalue weighted by atomic mass is 10.1. The van der Waals surface area contributed by atoms with E-state index in [1.54, 1.807) is 19.9 Å². The molecule has 0 aromatic rings. The van der Waals surface area contributed by atoms with Crippen LogP contribution in [-0.4, -0.2) is 60.1 Å². The fourth-order valence-electron chi connectivity index (χ4n) is 1.60. The molecular weight excluding hydrogens is 285 g/mol. The Labute approximate surface area is 120 Å². The van der Waals surface area contributed by atoms with Crippen molar-refractivity contribution in [3.8, 4) is 0 Å². The van der Waals surface area contributed by atoms with Gasteiger partial charge >= 0.3 is 13.8 Å². The van der Waals surface area contributed by atoms with Gasteiger partial charge in [-0.2, -0.15) is 0 Å². The van der Waals surface area contributed by atoms with Gasteiger partial charge in [0.15, 0.2) is 0 Å². The lowest BCUT2D eigenvalue weighted by Gasteiger charge is -2.35. The first-order chi connectivity index (χ1) is 8.95. The number of allylic oxidation sites excluding steroid dienone is 1. The highest BCUT2D eigenvalue weighted by atomic mass is 31.2. The molecule has 0 aliphatic heterocycles. The molecule has 0 radical (unpaired) electrons. The van der Waals surface area contributed by atoms with Crippen molar-refractivity contribution in [2.75, 3.05) is 27.7 Å². The van der Waals surface area contributed by atoms with Crippen LogP contribution in [0.1, 0.15) is 20.3 Å². The second-order valence-corrected chi connectivity index (χ2v) is 6.78. The summed E-state index contributed by atoms with van der Waals surface area (Å²) in [6.45, 7) is 3.34. The van der Waals surface area contributed by atoms with Crippen LogP contribution in [-0.2, 0) is 18.6 Å². The number of nitrogens with zero attached hydrogens (tertiary/aromatic N) is 1. The average Bonchev–Trinajstić information content (AvgIpc) is 2.21. The van der Waals surface area contributed by atoms with E-state index in [1.807, 2.05) is 21.1 Å². The molecular formula is C12H25NO6P+. The third kappa shape index (κ3) is 9.23. The van der Waals surface area contributed by atoms with E-state index in [0.29, 0.717) is 10.9 Å². The lowest BCUT2D eigenvalue weighted by Crippen LogP contribution is -2.49. The van der Waals surface area contributed by atoms with Crippen LogP contribution < -0.4 is 0 Å². The second-order valence-electron chi connectivity index (χ2n) is 5.54. The molecule has 0 aromatic carbocycles. The Balaban J connectivity index is 4.58. The van der Waals surface area contributed by atoms with Gasteiger partial charge in [0, 0.05) is 12.5 Å². The van der Waals surface area contributed by atoms with Crippen molar-refractivity contribution in [1.82, 2.24) is 0 Å². The van der Waals surface area contributed by atoms with Crippen LogP contribution in [0.4, 0.5) is 0 Å². The van der Waals surface area contributed by atoms with Crippen LogP contribution in [0.5, 0.6) is 0 Å². The molecule has 0 bridgehead atoms. The van der Waals surface area contributed by atoms with Gasteiger partial charge in [-0.15, -0.1) is 0 Å². The van der Waals surface area contributed by atoms with E-state index in [1.165, 1.54) is 6.08 Å². The number of likely N-dealkylation sites (N-methyl/N-ethyl adjacent to an activating group) is 1. The van der Waals surface area contributed by atoms with Gasteiger partial charge in [0.1, 0.15) is 18.8 Å². The maximum Gasteiger partial charge on any atom is 0.469 e. The van der Waals surface area contributed by atoms with Crippen molar-refractivity contribution >= 4 is 13.8 Å². The van der Waals surface area contributed by atoms with Gasteiger partial charge in [0.2, 0.25) is 0 Å². The summed E-state index contributed by atoms with van der Waals surface area (Å²) in [6.07, 6.45) is 2.97. The monoisotopic (exact) mass is 310 g/mol. The van der Waals surface area contributed by atoms with Crippen LogP contribution in [0.3, 0.4) is 0 Å². The number of hydrogen-bond acceptors (Lipinski definition) is 4. The van der Waals surface area contributed by atoms with Crippen molar-refractivity contribution in [1.29, 1.82) is 0 Å². The molecule has 0 saturated heterocycles. The maximum absolute atomic E-state index is 11.3. The van der Waals surface area contributed by atoms with Crippen LogP contribution >= 0.6 is 7.82 Å². The zero-order valence-corrected chi connectivity index (χ0v) is 13.5. The van der Waals surface area contributed by atoms with Crippen LogP contribution in [0, 0.1) is 0 Å². The van der Waals surface area contributed by atoms with Crippen molar-refractivity contribution < 1.29 is 32.9 Å². The number of carbonyl (C=O) groups excluding carboxylic acids is 1. The number of phosphoric ester groups is 1. The van der Waals surface area contributed by atoms with Gasteiger partial charge in [-0.1, -0.05) is 6.08 Å². The Hall–Kier alpha value is -0.720. The highest BCUT2D eigenvalue weighted by Crippen LogP contribution is 2.36. The molecule has 8 heteroatoms. The number of ether oxygens (including phenoxy) is 1. The molecule has 0 aromatic heterocycles. The number of hydrogen-bond donors (Lipinski definition) is 2. The molecule has 0 spiro atoms. The lowest BCUT2D eigenvalue weighted by molar-refractivity contribution is -0.897. The third-order valence-electron chi connectivity index (χ3n) is 2.75. The summed E-state index contributed by atoms with van der Waals surface area (Å²) in [4.78, 5) is 28.9. The Bertz CT molecular complexity index is 384. The van der Waals surface area contributed by atoms with Gasteiger partial charge in [-0.05, 0) is 13.8 Å². The van der Waals surface area contributed by atoms with Gasteiger partial charge in [-0.25, -0.2) is 9.36 Å². The molecule has 20 heavy (non-hydrogen) atoms. The van der Waals surface area contributed by atoms with E-state index in [-0.39, 0.29) is 18.8 Å². The van der Waals surface area contributed by atoms with Crippen molar-refractivity contribution in [3.05, 3.63) is 12.2 Å². The normalized spacial score (nSPS) is 16.1. The minimum absolute atomic E-state index is 0.112. The molecule has 0 aliphatic rings. The van der Waals surface area contributed by atoms with Crippen LogP contribution in [0.15, 0.2) is 12.2 Å². The van der Waals surface area contributed by atoms with Crippen LogP contribution in [0.25, 0.3) is 0 Å². The van der Waals surface area contributed by atoms with E-state index < -0.39 is 13.8 Å². The number of rotatable bonds is 8. The number of esters is 1. The Morgan fingerprint density at radius 3 is 2.30 bits per heavy atom. The van der Waals surface area contributed by atoms with Gasteiger partial charge in [0.25, 0.3) is 0 Å². The highest BCUT2D eigenvalue weighted by molar-refractivity contribution is 7.46. The van der Waals surface area contributed by atoms with E-state index in [9.17, 15) is 9.36 Å². The predicted octanol–water partition coefficient (Wildman–Crippen LogP) is 1.07. The zero-order chi connectivity index (χ0) is 16.0. The molecule has 0 rings (SSSR count). The standard InChI is InChI=1S/C12H24NO6P/c1-6-7-12(14)19-10(2)8-11(13(3,4)5)9-18-20(15,16)17/h6-7,10-11H,8-9H2,1-5H3,(H-,15,16,17)/p+1. The summed E-state index contributed by atoms with van der Waals surface area (Å²) in [5.41, 5.74) is 0. The molecule has 2 unspecified atom stereocenters. The number of quaternary nitrogens is 1. The van der Waals surface area contributed by atoms with E-state index >= 15 is 0 Å². The van der Waals surface area contributed by atoms with E-state index in [2.05, 4.69) is 4.52 Å². The number of carbonyl (C=O) groups is 1. The van der Waals surface area contributed by atoms with Crippen LogP contribution in [0.2, 0.25) is 0 Å². The fraction of sp³-hybridized carbons (Fsp3) is 0.750. The first-order valence-corrected chi connectivity index (χ1v) is 7.83. The summed E-state index contributed by atoms with van der Waals surface area (Å²) >= 11 is 0. The molecule has 0 amide bonds. The topological polar surface area (TPSA) is 93.1 Å². The van der Waals surface area contributed by atoms with Gasteiger partial charge in [-0.3, -0.25) is 4.52 Å². The predicted molar refractivity (Wildman–Crippen MR) is 74.8 cm³/mol. The molecule has 0 fully saturated rings. The van der Waals surface area contributed by atoms with Gasteiger partial charge < -0.3 is 19.0 Å². The van der Waals surface area contributed by atoms with E-state index in [0.717, 1.165) is 0 Å². The summed E-state index contributed by atoms with van der Waals surface area (Å²) in [6, 6.07) is -0.212. The molecule has 118 valence electrons. The molecule has 0 heterocycles. The maximum atomic E-state index is 11.3. The number of phosphoric acid groups is 1. The minimum atomic E-state index is -4.50. The van der Waals surface area contributed by atoms with Crippen molar-refractivity contribution in [2.45, 2.75) is 32.4 Å². The third-order valence-corrected chi connectivity index (χ3v) is 3.24. The molecule has 7 nitrogen and oxygen atoms in total. The zero-order valence-electron chi connectivity index (χ0n) is 12.6. The Morgan fingerprint density at radius 1 is 1.35 bits per heavy atom. The summed E-state index contributed by atoms with van der Waals surface area (Å²) in [5, 5.41) is 0. The summed E-state index contributed by atoms with van der Waals surface area (Å²) < 4.78 is 20.9. The minimum Gasteiger partial charge on any atom is -0.459 e. The Kier molecular flexibility index (Phi) is 7.62. The fourth-order valence-corrected chi connectivity index (χ4v) is 1.96. The summed E-state index contributed by atoms with van der Waals surface area (Å²) in [7, 11) is 1.15. The second kappa shape index (κ2) is 7.90. The van der Waals surface area contributed by atoms with Crippen molar-refractivity contribution in [3.63, 3.8) is 0 Å². The molecule has 0 aliphatic carbocycles. The smallest absolute Gasteiger partial charge is 0.459 e. The van der Waals surface area contributed by atoms with E-state index in [4.69, 9.17) is 14.5 Å². The SMILES string of the molecule is CC=CC(=O)OC(C)CC(COP(=O)(O)O)[N+](C)(C)C. The molecule has 2 N–H and O–H groups in total. The Morgan fingerprint density at radius 2 is 1.90 bits per heavy atom.